The van der Waals surface area contributed by atoms with Crippen LogP contribution in [0.3, 0.4) is 0 Å². The van der Waals surface area contributed by atoms with Crippen molar-refractivity contribution in [3.8, 4) is 0 Å². The van der Waals surface area contributed by atoms with Crippen LogP contribution in [0.2, 0.25) is 0 Å². The highest BCUT2D eigenvalue weighted by Gasteiger charge is 2.58. The zero-order chi connectivity index (χ0) is 33.7. The molecule has 3 fully saturated rings. The number of nitrogens with one attached hydrogen (secondary N) is 1. The summed E-state index contributed by atoms with van der Waals surface area (Å²) in [5.74, 6) is -1.04. The van der Waals surface area contributed by atoms with Crippen molar-refractivity contribution in [2.24, 2.45) is 5.92 Å². The van der Waals surface area contributed by atoms with Gasteiger partial charge in [0, 0.05) is 25.6 Å². The summed E-state index contributed by atoms with van der Waals surface area (Å²) < 4.78 is 23.1. The highest BCUT2D eigenvalue weighted by molar-refractivity contribution is 5.87. The maximum Gasteiger partial charge on any atom is 0.337 e. The van der Waals surface area contributed by atoms with E-state index in [0.29, 0.717) is 30.6 Å². The number of hydrogen-bond donors (Lipinski definition) is 2. The lowest BCUT2D eigenvalue weighted by molar-refractivity contribution is -0.161. The molecular formula is C33H43N5O9. The monoisotopic (exact) mass is 653 g/mol. The number of allylic oxidation sites excluding steroid dienone is 2. The maximum atomic E-state index is 12.8. The first-order valence-corrected chi connectivity index (χ1v) is 15.9. The number of rotatable bonds is 11. The van der Waals surface area contributed by atoms with Crippen molar-refractivity contribution in [3.05, 3.63) is 54.3 Å². The number of ether oxygens (including phenoxy) is 4. The molecule has 47 heavy (non-hydrogen) atoms. The van der Waals surface area contributed by atoms with Gasteiger partial charge in [0.05, 0.1) is 37.4 Å². The fraction of sp³-hybridized carbons (Fsp3) is 0.576. The maximum absolute atomic E-state index is 12.8. The Bertz CT molecular complexity index is 1530. The minimum absolute atomic E-state index is 0.0339. The van der Waals surface area contributed by atoms with E-state index in [9.17, 15) is 19.5 Å². The molecule has 2 N–H and O–H groups in total. The molecule has 3 saturated heterocycles. The largest absolute Gasteiger partial charge is 0.459 e. The van der Waals surface area contributed by atoms with Gasteiger partial charge >= 0.3 is 11.9 Å². The highest BCUT2D eigenvalue weighted by atomic mass is 16.7. The van der Waals surface area contributed by atoms with Crippen LogP contribution in [0.15, 0.2) is 54.3 Å². The van der Waals surface area contributed by atoms with Gasteiger partial charge in [-0.05, 0) is 67.8 Å². The van der Waals surface area contributed by atoms with Crippen molar-refractivity contribution >= 4 is 29.0 Å². The number of amides is 1. The fourth-order valence-electron chi connectivity index (χ4n) is 6.01. The van der Waals surface area contributed by atoms with Crippen molar-refractivity contribution in [3.63, 3.8) is 0 Å². The summed E-state index contributed by atoms with van der Waals surface area (Å²) >= 11 is 0. The van der Waals surface area contributed by atoms with Gasteiger partial charge in [-0.3, -0.25) is 9.59 Å². The van der Waals surface area contributed by atoms with Crippen molar-refractivity contribution < 1.29 is 43.3 Å². The smallest absolute Gasteiger partial charge is 0.337 e. The Balaban J connectivity index is 1.11. The molecule has 5 heterocycles. The number of epoxide rings is 1. The van der Waals surface area contributed by atoms with Gasteiger partial charge in [0.1, 0.15) is 29.4 Å². The number of aromatic nitrogens is 4. The molecule has 0 saturated carbocycles. The standard InChI is InChI=1S/C33H43N5O9/c1-19(8-11-27-20(2)15-26(22(4)45-27)35-29(40)13-10-21(3)44-23(5)39)9-12-28-31(42)33(18-43-33)17-24(46-28)16-30(41)47-38-32-25(36-37-38)7-6-14-34-32/h6-10,12-14,20-22,24,26-28,31,42H,11,15-18H2,1-5H3,(H,35,40)/b12-9+,13-10-,19-8+/t20-,21-,22+,24+,26+,27-,28?,31+,33+/m0/s1. The number of aliphatic hydroxyl groups is 1. The second kappa shape index (κ2) is 14.8. The Morgan fingerprint density at radius 2 is 2.02 bits per heavy atom. The summed E-state index contributed by atoms with van der Waals surface area (Å²) in [5, 5.41) is 21.8. The van der Waals surface area contributed by atoms with E-state index in [2.05, 4.69) is 33.6 Å². The molecular weight excluding hydrogens is 610 g/mol. The van der Waals surface area contributed by atoms with Gasteiger partial charge in [0.2, 0.25) is 11.6 Å². The number of fused-ring (bicyclic) bond motifs is 1. The van der Waals surface area contributed by atoms with Crippen molar-refractivity contribution in [2.45, 2.75) is 109 Å². The number of aliphatic hydroxyl groups excluding tert-OH is 1. The number of pyridine rings is 1. The van der Waals surface area contributed by atoms with E-state index < -0.39 is 42.0 Å². The predicted octanol–water partition coefficient (Wildman–Crippen LogP) is 2.16. The lowest BCUT2D eigenvalue weighted by Crippen LogP contribution is -2.50. The number of esters is 1. The van der Waals surface area contributed by atoms with E-state index in [1.165, 1.54) is 13.0 Å². The van der Waals surface area contributed by atoms with Crippen LogP contribution in [0, 0.1) is 5.92 Å². The SMILES string of the molecule is CC(=O)O[C@@H](C)/C=C\C(=O)N[C@@H]1C[C@H](C)[C@H](C/C=C(C)/C=C/C2O[C@H](CC(=O)On3nnc4cccnc43)C[C@@]3(CO3)[C@@H]2O)O[C@@H]1C. The molecule has 0 radical (unpaired) electrons. The summed E-state index contributed by atoms with van der Waals surface area (Å²) in [4.78, 5) is 46.7. The van der Waals surface area contributed by atoms with Gasteiger partial charge in [0.15, 0.2) is 0 Å². The lowest BCUT2D eigenvalue weighted by Gasteiger charge is -2.39. The van der Waals surface area contributed by atoms with E-state index in [1.807, 2.05) is 19.9 Å². The van der Waals surface area contributed by atoms with Crippen molar-refractivity contribution in [2.75, 3.05) is 6.61 Å². The van der Waals surface area contributed by atoms with Crippen molar-refractivity contribution in [1.82, 2.24) is 25.5 Å². The summed E-state index contributed by atoms with van der Waals surface area (Å²) in [5.41, 5.74) is 1.05. The number of carbonyl (C=O) groups excluding carboxylic acids is 3. The molecule has 1 amide bonds. The molecule has 3 aliphatic rings. The molecule has 9 atom stereocenters. The molecule has 1 unspecified atom stereocenters. The highest BCUT2D eigenvalue weighted by Crippen LogP contribution is 2.43. The van der Waals surface area contributed by atoms with Gasteiger partial charge in [-0.25, -0.2) is 9.78 Å². The fourth-order valence-corrected chi connectivity index (χ4v) is 6.01. The van der Waals surface area contributed by atoms with Crippen LogP contribution in [0.5, 0.6) is 0 Å². The third kappa shape index (κ3) is 8.89. The number of nitrogens with zero attached hydrogens (tertiary/aromatic N) is 4. The average molecular weight is 654 g/mol. The normalized spacial score (nSPS) is 31.7. The molecule has 5 rings (SSSR count). The first-order valence-electron chi connectivity index (χ1n) is 15.9. The van der Waals surface area contributed by atoms with Gasteiger partial charge < -0.3 is 34.2 Å². The molecule has 0 bridgehead atoms. The second-order valence-electron chi connectivity index (χ2n) is 12.6. The molecule has 254 valence electrons. The van der Waals surface area contributed by atoms with Gasteiger partial charge in [-0.15, -0.1) is 5.10 Å². The van der Waals surface area contributed by atoms with E-state index in [0.717, 1.165) is 16.8 Å². The average Bonchev–Trinajstić information content (AvgIpc) is 3.68. The minimum Gasteiger partial charge on any atom is -0.459 e. The first-order chi connectivity index (χ1) is 22.4. The van der Waals surface area contributed by atoms with Crippen LogP contribution in [-0.2, 0) is 33.3 Å². The topological polar surface area (TPSA) is 177 Å². The molecule has 14 heteroatoms. The summed E-state index contributed by atoms with van der Waals surface area (Å²) in [6, 6.07) is 3.28. The van der Waals surface area contributed by atoms with E-state index >= 15 is 0 Å². The van der Waals surface area contributed by atoms with Crippen LogP contribution in [0.1, 0.15) is 60.3 Å². The summed E-state index contributed by atoms with van der Waals surface area (Å²) in [7, 11) is 0. The molecule has 1 spiro atoms. The molecule has 2 aromatic heterocycles. The van der Waals surface area contributed by atoms with Crippen LogP contribution in [0.4, 0.5) is 0 Å². The molecule has 0 aliphatic carbocycles. The van der Waals surface area contributed by atoms with Crippen molar-refractivity contribution in [1.29, 1.82) is 0 Å². The van der Waals surface area contributed by atoms with Crippen LogP contribution < -0.4 is 10.2 Å². The van der Waals surface area contributed by atoms with Gasteiger partial charge in [-0.1, -0.05) is 30.7 Å². The zero-order valence-corrected chi connectivity index (χ0v) is 27.3. The van der Waals surface area contributed by atoms with Crippen LogP contribution in [0.25, 0.3) is 11.2 Å². The Hall–Kier alpha value is -3.98. The Morgan fingerprint density at radius 3 is 2.77 bits per heavy atom. The van der Waals surface area contributed by atoms with Crippen LogP contribution in [-0.4, -0.2) is 98.0 Å². The molecule has 14 nitrogen and oxygen atoms in total. The molecule has 0 aromatic carbocycles. The first kappa shape index (κ1) is 34.4. The zero-order valence-electron chi connectivity index (χ0n) is 27.3. The van der Waals surface area contributed by atoms with Gasteiger partial charge in [-0.2, -0.15) is 0 Å². The number of hydrogen-bond acceptors (Lipinski definition) is 12. The second-order valence-corrected chi connectivity index (χ2v) is 12.6. The lowest BCUT2D eigenvalue weighted by atomic mass is 9.87. The summed E-state index contributed by atoms with van der Waals surface area (Å²) in [6.07, 6.45) is 9.16. The van der Waals surface area contributed by atoms with E-state index in [-0.39, 0.29) is 36.5 Å². The Morgan fingerprint density at radius 1 is 1.23 bits per heavy atom. The van der Waals surface area contributed by atoms with E-state index in [4.69, 9.17) is 23.8 Å². The van der Waals surface area contributed by atoms with Crippen LogP contribution >= 0.6 is 0 Å². The Labute approximate surface area is 273 Å². The minimum atomic E-state index is -0.878. The number of carbonyl (C=O) groups is 3. The molecule has 3 aliphatic heterocycles. The van der Waals surface area contributed by atoms with E-state index in [1.54, 1.807) is 37.4 Å². The molecule has 2 aromatic rings. The third-order valence-electron chi connectivity index (χ3n) is 8.69. The summed E-state index contributed by atoms with van der Waals surface area (Å²) in [6.45, 7) is 9.41. The van der Waals surface area contributed by atoms with Gasteiger partial charge in [0.25, 0.3) is 0 Å². The third-order valence-corrected chi connectivity index (χ3v) is 8.69. The predicted molar refractivity (Wildman–Crippen MR) is 167 cm³/mol. The Kier molecular flexibility index (Phi) is 10.8. The quantitative estimate of drug-likeness (QED) is 0.119.